The van der Waals surface area contributed by atoms with Crippen LogP contribution in [0.3, 0.4) is 0 Å². The number of aromatic nitrogens is 4. The fraction of sp³-hybridized carbons (Fsp3) is 0.174. The van der Waals surface area contributed by atoms with Gasteiger partial charge in [-0.1, -0.05) is 71.9 Å². The smallest absolute Gasteiger partial charge is 0.262 e. The zero-order valence-corrected chi connectivity index (χ0v) is 30.8. The molecule has 14 rings (SSSR count). The van der Waals surface area contributed by atoms with E-state index in [1.54, 1.807) is 0 Å². The first-order chi connectivity index (χ1) is 26.1. The molecular weight excluding hydrogens is 667 g/mol. The second-order valence-corrected chi connectivity index (χ2v) is 17.7. The zero-order chi connectivity index (χ0) is 35.9. The van der Waals surface area contributed by atoms with Crippen molar-refractivity contribution in [1.29, 1.82) is 0 Å². The fourth-order valence-electron chi connectivity index (χ4n) is 10.9. The fourth-order valence-corrected chi connectivity index (χ4v) is 10.9. The Hall–Kier alpha value is -6.28. The Balaban J connectivity index is 1.24. The average Bonchev–Trinajstić information content (AvgIpc) is 3.95. The largest absolute Gasteiger partial charge is 0.458 e. The predicted octanol–water partition coefficient (Wildman–Crippen LogP) is 9.72. The molecule has 258 valence electrons. The van der Waals surface area contributed by atoms with Crippen LogP contribution >= 0.6 is 0 Å². The molecule has 0 amide bonds. The second-order valence-electron chi connectivity index (χ2n) is 17.7. The van der Waals surface area contributed by atoms with Crippen LogP contribution in [0, 0.1) is 0 Å². The number of fused-ring (bicyclic) bond motifs is 16. The summed E-state index contributed by atoms with van der Waals surface area (Å²) in [7, 11) is 0. The first-order valence-corrected chi connectivity index (χ1v) is 19.0. The third-order valence-corrected chi connectivity index (χ3v) is 12.7. The maximum atomic E-state index is 7.03. The lowest BCUT2D eigenvalue weighted by Gasteiger charge is -2.37. The molecule has 6 aromatic heterocycles. The van der Waals surface area contributed by atoms with Crippen molar-refractivity contribution in [2.75, 3.05) is 0 Å². The molecular formula is C46H33BN4O3. The lowest BCUT2D eigenvalue weighted by molar-refractivity contribution is 0.488. The molecule has 0 spiro atoms. The lowest BCUT2D eigenvalue weighted by atomic mass is 9.33. The van der Waals surface area contributed by atoms with Crippen molar-refractivity contribution in [1.82, 2.24) is 17.9 Å². The predicted molar refractivity (Wildman–Crippen MR) is 219 cm³/mol. The van der Waals surface area contributed by atoms with E-state index >= 15 is 0 Å². The molecule has 0 fully saturated rings. The molecule has 11 aromatic rings. The van der Waals surface area contributed by atoms with Gasteiger partial charge in [0.05, 0.1) is 22.1 Å². The summed E-state index contributed by atoms with van der Waals surface area (Å²) in [5.74, 6) is 1.86. The van der Waals surface area contributed by atoms with Crippen molar-refractivity contribution >= 4 is 101 Å². The van der Waals surface area contributed by atoms with Crippen molar-refractivity contribution < 1.29 is 13.6 Å². The van der Waals surface area contributed by atoms with Gasteiger partial charge < -0.3 is 13.6 Å². The number of para-hydroxylation sites is 2. The zero-order valence-electron chi connectivity index (χ0n) is 30.8. The van der Waals surface area contributed by atoms with Crippen molar-refractivity contribution in [3.63, 3.8) is 0 Å². The Morgan fingerprint density at radius 1 is 0.481 bits per heavy atom. The number of hydrogen-bond acceptors (Lipinski definition) is 3. The van der Waals surface area contributed by atoms with Crippen LogP contribution in [0.4, 0.5) is 0 Å². The Morgan fingerprint density at radius 2 is 0.944 bits per heavy atom. The third-order valence-electron chi connectivity index (χ3n) is 12.7. The monoisotopic (exact) mass is 700 g/mol. The minimum atomic E-state index is -0.208. The van der Waals surface area contributed by atoms with E-state index in [0.717, 1.165) is 66.9 Å². The number of benzene rings is 5. The van der Waals surface area contributed by atoms with Gasteiger partial charge in [0.15, 0.2) is 11.2 Å². The van der Waals surface area contributed by atoms with Gasteiger partial charge in [-0.25, -0.2) is 0 Å². The second kappa shape index (κ2) is 8.42. The number of imidazole rings is 2. The van der Waals surface area contributed by atoms with E-state index in [2.05, 4.69) is 150 Å². The van der Waals surface area contributed by atoms with E-state index in [1.165, 1.54) is 61.0 Å². The molecule has 0 atom stereocenters. The topological polar surface area (TPSA) is 54.2 Å². The van der Waals surface area contributed by atoms with Crippen LogP contribution in [0.15, 0.2) is 99.8 Å². The molecule has 3 aliphatic rings. The molecule has 0 unspecified atom stereocenters. The average molecular weight is 701 g/mol. The molecule has 9 heterocycles. The molecule has 3 aliphatic heterocycles. The van der Waals surface area contributed by atoms with E-state index in [9.17, 15) is 0 Å². The van der Waals surface area contributed by atoms with Crippen LogP contribution in [-0.4, -0.2) is 24.6 Å². The van der Waals surface area contributed by atoms with Gasteiger partial charge in [-0.2, -0.15) is 0 Å². The van der Waals surface area contributed by atoms with Gasteiger partial charge in [0, 0.05) is 33.3 Å². The minimum absolute atomic E-state index is 0.00547. The summed E-state index contributed by atoms with van der Waals surface area (Å²) in [5, 5.41) is 2.26. The molecule has 0 N–H and O–H groups in total. The Bertz CT molecular complexity index is 3390. The summed E-state index contributed by atoms with van der Waals surface area (Å²) < 4.78 is 30.7. The van der Waals surface area contributed by atoms with Crippen molar-refractivity contribution in [2.24, 2.45) is 0 Å². The highest BCUT2D eigenvalue weighted by Crippen LogP contribution is 2.49. The minimum Gasteiger partial charge on any atom is -0.458 e. The van der Waals surface area contributed by atoms with E-state index < -0.39 is 0 Å². The van der Waals surface area contributed by atoms with Gasteiger partial charge in [-0.15, -0.1) is 0 Å². The number of furan rings is 2. The Kier molecular flexibility index (Phi) is 4.40. The van der Waals surface area contributed by atoms with Gasteiger partial charge in [0.25, 0.3) is 6.71 Å². The SMILES string of the molecule is CC(C)(C)c1c2oc3ccccc3c2n2c3ccc4c5c3n(c12)-c1cccc2c1B5c1c(ccc3c1n-2c1c(C(C)(C)C)c2oc5ccccc5c2n31)O4. The highest BCUT2D eigenvalue weighted by molar-refractivity contribution is 7.01. The van der Waals surface area contributed by atoms with Crippen molar-refractivity contribution in [3.8, 4) is 22.9 Å². The molecule has 7 nitrogen and oxygen atoms in total. The quantitative estimate of drug-likeness (QED) is 0.148. The molecule has 54 heavy (non-hydrogen) atoms. The molecule has 0 bridgehead atoms. The first-order valence-electron chi connectivity index (χ1n) is 19.0. The van der Waals surface area contributed by atoms with Crippen LogP contribution in [-0.2, 0) is 10.8 Å². The molecule has 0 aliphatic carbocycles. The molecule has 5 aromatic carbocycles. The molecule has 8 heteroatoms. The summed E-state index contributed by atoms with van der Waals surface area (Å²) in [6, 6.07) is 32.8. The maximum absolute atomic E-state index is 7.03. The van der Waals surface area contributed by atoms with Gasteiger partial charge in [0.1, 0.15) is 45.0 Å². The van der Waals surface area contributed by atoms with Crippen molar-refractivity contribution in [2.45, 2.75) is 52.4 Å². The summed E-state index contributed by atoms with van der Waals surface area (Å²) in [5.41, 5.74) is 21.3. The summed E-state index contributed by atoms with van der Waals surface area (Å²) in [6.45, 7) is 13.8. The number of nitrogens with zero attached hydrogens (tertiary/aromatic N) is 4. The first kappa shape index (κ1) is 28.3. The van der Waals surface area contributed by atoms with Crippen LogP contribution in [0.5, 0.6) is 11.5 Å². The maximum Gasteiger partial charge on any atom is 0.262 e. The van der Waals surface area contributed by atoms with E-state index in [0.29, 0.717) is 0 Å². The Labute approximate surface area is 308 Å². The summed E-state index contributed by atoms with van der Waals surface area (Å²) >= 11 is 0. The van der Waals surface area contributed by atoms with Crippen LogP contribution in [0.1, 0.15) is 52.7 Å². The summed E-state index contributed by atoms with van der Waals surface area (Å²) in [6.07, 6.45) is 0. The summed E-state index contributed by atoms with van der Waals surface area (Å²) in [4.78, 5) is 0. The molecule has 0 saturated heterocycles. The van der Waals surface area contributed by atoms with Crippen LogP contribution in [0.2, 0.25) is 0 Å². The highest BCUT2D eigenvalue weighted by atomic mass is 16.5. The van der Waals surface area contributed by atoms with Crippen molar-refractivity contribution in [3.05, 3.63) is 102 Å². The normalized spacial score (nSPS) is 14.6. The van der Waals surface area contributed by atoms with Crippen LogP contribution < -0.4 is 21.1 Å². The number of ether oxygens (including phenoxy) is 1. The van der Waals surface area contributed by atoms with Gasteiger partial charge in [-0.05, 0) is 87.9 Å². The molecule has 0 saturated carbocycles. The van der Waals surface area contributed by atoms with Gasteiger partial charge in [0.2, 0.25) is 0 Å². The third kappa shape index (κ3) is 2.83. The number of rotatable bonds is 0. The van der Waals surface area contributed by atoms with Gasteiger partial charge >= 0.3 is 0 Å². The van der Waals surface area contributed by atoms with E-state index in [1.807, 2.05) is 0 Å². The standard InChI is InChI=1S/C46H33BN4O3/c1-45(2,3)32-41-37(22-12-7-9-16-28(22)53-41)50-26-18-20-30-35-39(26)48(43(32)50)24-14-11-15-25-34(24)47(35)36-31(52-30)21-19-27-40(36)49(25)44-33(46(4,5)6)42-38(51(27)44)23-13-8-10-17-29(23)54-42/h7-21H,1-6H3. The van der Waals surface area contributed by atoms with Gasteiger partial charge in [-0.3, -0.25) is 17.9 Å². The van der Waals surface area contributed by atoms with E-state index in [4.69, 9.17) is 13.6 Å². The number of hydrogen-bond donors (Lipinski definition) is 0. The van der Waals surface area contributed by atoms with E-state index in [-0.39, 0.29) is 17.5 Å². The molecule has 0 radical (unpaired) electrons. The Morgan fingerprint density at radius 3 is 1.41 bits per heavy atom. The van der Waals surface area contributed by atoms with Crippen LogP contribution in [0.25, 0.3) is 88.9 Å². The lowest BCUT2D eigenvalue weighted by Crippen LogP contribution is -2.61. The highest BCUT2D eigenvalue weighted by Gasteiger charge is 2.48.